The number of hydrogen-bond acceptors (Lipinski definition) is 4. The Balaban J connectivity index is 1.56. The first-order valence-corrected chi connectivity index (χ1v) is 7.65. The van der Waals surface area contributed by atoms with Gasteiger partial charge in [0.15, 0.2) is 0 Å². The van der Waals surface area contributed by atoms with E-state index in [9.17, 15) is 9.59 Å². The van der Waals surface area contributed by atoms with Gasteiger partial charge in [0.1, 0.15) is 19.2 Å². The fraction of sp³-hybridized carbons (Fsp3) is 0.312. The maximum atomic E-state index is 12.5. The van der Waals surface area contributed by atoms with Gasteiger partial charge in [-0.25, -0.2) is 4.79 Å². The summed E-state index contributed by atoms with van der Waals surface area (Å²) in [5.41, 5.74) is 2.59. The van der Waals surface area contributed by atoms with Crippen molar-refractivity contribution in [3.05, 3.63) is 53.3 Å². The molecule has 1 fully saturated rings. The molecule has 1 N–H and O–H groups in total. The molecule has 1 atom stereocenters. The number of carboxylic acids is 1. The molecule has 2 aliphatic heterocycles. The van der Waals surface area contributed by atoms with Gasteiger partial charge in [-0.15, -0.1) is 0 Å². The Labute approximate surface area is 137 Å². The Morgan fingerprint density at radius 3 is 2.88 bits per heavy atom. The average molecular weight is 328 g/mol. The van der Waals surface area contributed by atoms with E-state index in [1.807, 2.05) is 30.3 Å². The van der Waals surface area contributed by atoms with Crippen LogP contribution in [-0.2, 0) is 29.3 Å². The summed E-state index contributed by atoms with van der Waals surface area (Å²) in [7, 11) is 0. The van der Waals surface area contributed by atoms with Gasteiger partial charge < -0.3 is 10.0 Å². The first-order valence-electron chi connectivity index (χ1n) is 7.65. The summed E-state index contributed by atoms with van der Waals surface area (Å²) in [5.74, 6) is -0.961. The largest absolute Gasteiger partial charge is 0.480 e. The lowest BCUT2D eigenvalue weighted by molar-refractivity contribution is -0.141. The molecule has 2 bridgehead atoms. The molecular weight excluding hydrogens is 312 g/mol. The predicted octanol–water partition coefficient (Wildman–Crippen LogP) is 1.39. The van der Waals surface area contributed by atoms with Gasteiger partial charge in [-0.3, -0.25) is 14.3 Å². The smallest absolute Gasteiger partial charge is 0.345 e. The Hall–Kier alpha value is -2.87. The molecule has 124 valence electrons. The van der Waals surface area contributed by atoms with Crippen molar-refractivity contribution in [2.45, 2.75) is 25.7 Å². The molecule has 1 saturated heterocycles. The molecule has 1 aromatic heterocycles. The minimum absolute atomic E-state index is 0.200. The normalized spacial score (nSPS) is 18.8. The Morgan fingerprint density at radius 1 is 1.33 bits per heavy atom. The lowest BCUT2D eigenvalue weighted by atomic mass is 10.1. The number of nitrogens with zero attached hydrogens (tertiary/aromatic N) is 4. The van der Waals surface area contributed by atoms with Crippen LogP contribution in [0.1, 0.15) is 22.9 Å². The summed E-state index contributed by atoms with van der Waals surface area (Å²) in [4.78, 5) is 30.8. The van der Waals surface area contributed by atoms with Crippen molar-refractivity contribution in [3.8, 4) is 0 Å². The number of aromatic nitrogens is 2. The number of carboxylic acid groups (broad SMARTS) is 1. The number of fused-ring (bicyclic) bond motifs is 4. The Bertz CT molecular complexity index is 789. The van der Waals surface area contributed by atoms with Gasteiger partial charge >= 0.3 is 12.0 Å². The van der Waals surface area contributed by atoms with Crippen LogP contribution >= 0.6 is 0 Å². The minimum Gasteiger partial charge on any atom is -0.480 e. The lowest BCUT2D eigenvalue weighted by Crippen LogP contribution is -2.31. The predicted molar refractivity (Wildman–Crippen MR) is 81.5 cm³/mol. The van der Waals surface area contributed by atoms with Gasteiger partial charge in [-0.05, 0) is 5.56 Å². The Morgan fingerprint density at radius 2 is 2.12 bits per heavy atom. The van der Waals surface area contributed by atoms with E-state index in [4.69, 9.17) is 9.94 Å². The molecule has 3 heterocycles. The van der Waals surface area contributed by atoms with E-state index in [-0.39, 0.29) is 18.6 Å². The molecule has 1 unspecified atom stereocenters. The zero-order chi connectivity index (χ0) is 16.7. The Kier molecular flexibility index (Phi) is 3.46. The van der Waals surface area contributed by atoms with Crippen LogP contribution in [0.2, 0.25) is 0 Å². The SMILES string of the molecule is O=C(O)Cn1ncc2c1CN1CC2N(OCc2ccccc2)C1=O. The monoisotopic (exact) mass is 328 g/mol. The van der Waals surface area contributed by atoms with Crippen molar-refractivity contribution >= 4 is 12.0 Å². The van der Waals surface area contributed by atoms with Crippen molar-refractivity contribution in [1.82, 2.24) is 19.7 Å². The average Bonchev–Trinajstić information content (AvgIpc) is 3.08. The highest BCUT2D eigenvalue weighted by molar-refractivity contribution is 5.77. The maximum Gasteiger partial charge on any atom is 0.345 e. The fourth-order valence-electron chi connectivity index (χ4n) is 3.18. The third kappa shape index (κ3) is 2.41. The number of carbonyl (C=O) groups is 2. The molecule has 0 saturated carbocycles. The standard InChI is InChI=1S/C16H16N4O4/c21-15(22)9-19-13-7-18-8-14(12(13)6-17-19)20(16(18)23)24-10-11-4-2-1-3-5-11/h1-6,14H,7-10H2,(H,21,22). The summed E-state index contributed by atoms with van der Waals surface area (Å²) < 4.78 is 1.44. The molecule has 8 heteroatoms. The molecule has 8 nitrogen and oxygen atoms in total. The van der Waals surface area contributed by atoms with Crippen LogP contribution in [0.15, 0.2) is 36.5 Å². The van der Waals surface area contributed by atoms with Gasteiger partial charge in [-0.1, -0.05) is 30.3 Å². The second kappa shape index (κ2) is 5.64. The summed E-state index contributed by atoms with van der Waals surface area (Å²) >= 11 is 0. The van der Waals surface area contributed by atoms with Crippen LogP contribution in [0.25, 0.3) is 0 Å². The van der Waals surface area contributed by atoms with Crippen LogP contribution in [-0.4, -0.2) is 43.4 Å². The van der Waals surface area contributed by atoms with Crippen LogP contribution in [0.3, 0.4) is 0 Å². The van der Waals surface area contributed by atoms with Crippen molar-refractivity contribution in [1.29, 1.82) is 0 Å². The number of benzene rings is 1. The van der Waals surface area contributed by atoms with E-state index in [0.717, 1.165) is 16.8 Å². The van der Waals surface area contributed by atoms with E-state index < -0.39 is 5.97 Å². The zero-order valence-corrected chi connectivity index (χ0v) is 12.8. The summed E-state index contributed by atoms with van der Waals surface area (Å²) in [6, 6.07) is 9.17. The maximum absolute atomic E-state index is 12.5. The van der Waals surface area contributed by atoms with Crippen LogP contribution in [0.4, 0.5) is 4.79 Å². The van der Waals surface area contributed by atoms with Gasteiger partial charge in [0, 0.05) is 5.56 Å². The quantitative estimate of drug-likeness (QED) is 0.896. The van der Waals surface area contributed by atoms with E-state index >= 15 is 0 Å². The number of hydroxylamine groups is 2. The minimum atomic E-state index is -0.961. The summed E-state index contributed by atoms with van der Waals surface area (Å²) in [6.07, 6.45) is 1.64. The highest BCUT2D eigenvalue weighted by Gasteiger charge is 2.45. The fourth-order valence-corrected chi connectivity index (χ4v) is 3.18. The molecule has 2 amide bonds. The highest BCUT2D eigenvalue weighted by Crippen LogP contribution is 2.38. The van der Waals surface area contributed by atoms with Gasteiger partial charge in [-0.2, -0.15) is 10.2 Å². The molecule has 4 rings (SSSR count). The van der Waals surface area contributed by atoms with Crippen molar-refractivity contribution < 1.29 is 19.5 Å². The van der Waals surface area contributed by atoms with Crippen LogP contribution < -0.4 is 0 Å². The number of hydrogen-bond donors (Lipinski definition) is 1. The van der Waals surface area contributed by atoms with E-state index in [0.29, 0.717) is 19.7 Å². The molecule has 24 heavy (non-hydrogen) atoms. The number of aliphatic carboxylic acids is 1. The molecule has 1 aromatic carbocycles. The van der Waals surface area contributed by atoms with E-state index in [1.165, 1.54) is 9.75 Å². The zero-order valence-electron chi connectivity index (χ0n) is 12.8. The molecule has 2 aromatic rings. The topological polar surface area (TPSA) is 87.9 Å². The van der Waals surface area contributed by atoms with Crippen molar-refractivity contribution in [3.63, 3.8) is 0 Å². The van der Waals surface area contributed by atoms with E-state index in [2.05, 4.69) is 5.10 Å². The first kappa shape index (κ1) is 14.7. The lowest BCUT2D eigenvalue weighted by Gasteiger charge is -2.23. The molecule has 2 aliphatic rings. The molecule has 0 radical (unpaired) electrons. The highest BCUT2D eigenvalue weighted by atomic mass is 16.7. The second-order valence-electron chi connectivity index (χ2n) is 5.86. The van der Waals surface area contributed by atoms with Crippen molar-refractivity contribution in [2.75, 3.05) is 6.54 Å². The van der Waals surface area contributed by atoms with Crippen LogP contribution in [0.5, 0.6) is 0 Å². The van der Waals surface area contributed by atoms with Crippen molar-refractivity contribution in [2.24, 2.45) is 0 Å². The van der Waals surface area contributed by atoms with E-state index in [1.54, 1.807) is 11.1 Å². The number of rotatable bonds is 5. The summed E-state index contributed by atoms with van der Waals surface area (Å²) in [6.45, 7) is 0.965. The third-order valence-corrected chi connectivity index (χ3v) is 4.31. The number of urea groups is 1. The third-order valence-electron chi connectivity index (χ3n) is 4.31. The number of amides is 2. The second-order valence-corrected chi connectivity index (χ2v) is 5.86. The number of carbonyl (C=O) groups excluding carboxylic acids is 1. The first-order chi connectivity index (χ1) is 11.6. The van der Waals surface area contributed by atoms with Gasteiger partial charge in [0.25, 0.3) is 0 Å². The molecular formula is C16H16N4O4. The summed E-state index contributed by atoms with van der Waals surface area (Å²) in [5, 5.41) is 14.5. The molecule has 0 spiro atoms. The van der Waals surface area contributed by atoms with Gasteiger partial charge in [0.05, 0.1) is 25.0 Å². The molecule has 0 aliphatic carbocycles. The van der Waals surface area contributed by atoms with Crippen LogP contribution in [0, 0.1) is 0 Å². The van der Waals surface area contributed by atoms with Gasteiger partial charge in [0.2, 0.25) is 0 Å².